The molecule has 0 radical (unpaired) electrons. The zero-order chi connectivity index (χ0) is 10.4. The van der Waals surface area contributed by atoms with Gasteiger partial charge in [0.2, 0.25) is 0 Å². The number of hydrogen-bond acceptors (Lipinski definition) is 4. The number of rotatable bonds is 5. The lowest BCUT2D eigenvalue weighted by Crippen LogP contribution is -2.47. The highest BCUT2D eigenvalue weighted by Gasteiger charge is 2.15. The number of likely N-dealkylation sites (N-methyl/N-ethyl adjacent to an activating group) is 1. The highest BCUT2D eigenvalue weighted by molar-refractivity contribution is 7.98. The van der Waals surface area contributed by atoms with Crippen LogP contribution in [0.15, 0.2) is 0 Å². The summed E-state index contributed by atoms with van der Waals surface area (Å²) in [6, 6.07) is 0. The smallest absolute Gasteiger partial charge is 0.0442 e. The van der Waals surface area contributed by atoms with E-state index >= 15 is 0 Å². The van der Waals surface area contributed by atoms with Crippen molar-refractivity contribution < 1.29 is 0 Å². The van der Waals surface area contributed by atoms with Gasteiger partial charge in [-0.3, -0.25) is 9.80 Å². The molecule has 1 saturated heterocycles. The normalized spacial score (nSPS) is 20.6. The zero-order valence-electron chi connectivity index (χ0n) is 9.70. The van der Waals surface area contributed by atoms with Crippen molar-refractivity contribution in [2.24, 2.45) is 0 Å². The van der Waals surface area contributed by atoms with Crippen molar-refractivity contribution in [1.82, 2.24) is 14.7 Å². The average Bonchev–Trinajstić information content (AvgIpc) is 2.17. The fraction of sp³-hybridized carbons (Fsp3) is 1.00. The number of piperazine rings is 1. The second-order valence-corrected chi connectivity index (χ2v) is 5.02. The highest BCUT2D eigenvalue weighted by Crippen LogP contribution is 2.05. The summed E-state index contributed by atoms with van der Waals surface area (Å²) in [7, 11) is 4.29. The van der Waals surface area contributed by atoms with Crippen LogP contribution < -0.4 is 0 Å². The summed E-state index contributed by atoms with van der Waals surface area (Å²) in [5.41, 5.74) is 0. The van der Waals surface area contributed by atoms with Gasteiger partial charge >= 0.3 is 0 Å². The Morgan fingerprint density at radius 3 is 2.14 bits per heavy atom. The van der Waals surface area contributed by atoms with Crippen LogP contribution in [0.2, 0.25) is 0 Å². The number of thioether (sulfide) groups is 1. The van der Waals surface area contributed by atoms with Crippen molar-refractivity contribution in [2.45, 2.75) is 0 Å². The molecule has 0 bridgehead atoms. The van der Waals surface area contributed by atoms with Crippen LogP contribution >= 0.6 is 11.8 Å². The molecule has 0 atom stereocenters. The lowest BCUT2D eigenvalue weighted by Gasteiger charge is -2.34. The first kappa shape index (κ1) is 12.3. The number of hydrogen-bond donors (Lipinski definition) is 0. The number of nitrogens with zero attached hydrogens (tertiary/aromatic N) is 3. The first-order valence-electron chi connectivity index (χ1n) is 5.30. The Bertz CT molecular complexity index is 144. The molecule has 0 unspecified atom stereocenters. The molecule has 0 spiro atoms. The van der Waals surface area contributed by atoms with Gasteiger partial charge in [-0.25, -0.2) is 0 Å². The van der Waals surface area contributed by atoms with E-state index in [0.29, 0.717) is 0 Å². The van der Waals surface area contributed by atoms with E-state index in [4.69, 9.17) is 0 Å². The highest BCUT2D eigenvalue weighted by atomic mass is 32.2. The SMILES string of the molecule is CSCN1CCN(CCN(C)C)CC1. The van der Waals surface area contributed by atoms with Crippen LogP contribution in [0.3, 0.4) is 0 Å². The molecule has 1 aliphatic rings. The molecule has 0 aromatic heterocycles. The van der Waals surface area contributed by atoms with Crippen molar-refractivity contribution in [2.75, 3.05) is 65.5 Å². The van der Waals surface area contributed by atoms with Crippen LogP contribution in [0.4, 0.5) is 0 Å². The van der Waals surface area contributed by atoms with Crippen molar-refractivity contribution in [3.05, 3.63) is 0 Å². The summed E-state index contributed by atoms with van der Waals surface area (Å²) in [6.45, 7) is 7.38. The summed E-state index contributed by atoms with van der Waals surface area (Å²) in [5, 5.41) is 0. The maximum Gasteiger partial charge on any atom is 0.0442 e. The summed E-state index contributed by atoms with van der Waals surface area (Å²) in [6.07, 6.45) is 2.18. The third kappa shape index (κ3) is 4.64. The van der Waals surface area contributed by atoms with E-state index in [2.05, 4.69) is 35.1 Å². The summed E-state index contributed by atoms with van der Waals surface area (Å²) in [5.74, 6) is 1.20. The molecule has 0 amide bonds. The maximum atomic E-state index is 2.57. The van der Waals surface area contributed by atoms with Crippen LogP contribution in [0.25, 0.3) is 0 Å². The Hall–Kier alpha value is 0.230. The average molecular weight is 217 g/mol. The van der Waals surface area contributed by atoms with E-state index in [9.17, 15) is 0 Å². The van der Waals surface area contributed by atoms with E-state index < -0.39 is 0 Å². The molecule has 4 heteroatoms. The second-order valence-electron chi connectivity index (χ2n) is 4.18. The predicted octanol–water partition coefficient (Wildman–Crippen LogP) is 0.486. The third-order valence-corrected chi connectivity index (χ3v) is 3.26. The summed E-state index contributed by atoms with van der Waals surface area (Å²) in [4.78, 5) is 7.36. The van der Waals surface area contributed by atoms with Crippen LogP contribution in [0, 0.1) is 0 Å². The Morgan fingerprint density at radius 1 is 1.07 bits per heavy atom. The lowest BCUT2D eigenvalue weighted by atomic mass is 10.3. The Labute approximate surface area is 92.4 Å². The van der Waals surface area contributed by atoms with Crippen molar-refractivity contribution in [3.8, 4) is 0 Å². The molecule has 0 N–H and O–H groups in total. The quantitative estimate of drug-likeness (QED) is 0.662. The molecule has 0 aromatic rings. The first-order chi connectivity index (χ1) is 6.72. The largest absolute Gasteiger partial charge is 0.308 e. The fourth-order valence-electron chi connectivity index (χ4n) is 1.67. The van der Waals surface area contributed by atoms with Gasteiger partial charge in [0.25, 0.3) is 0 Å². The van der Waals surface area contributed by atoms with E-state index in [1.165, 1.54) is 45.1 Å². The molecule has 1 rings (SSSR count). The third-order valence-electron chi connectivity index (χ3n) is 2.64. The van der Waals surface area contributed by atoms with Gasteiger partial charge in [0.1, 0.15) is 0 Å². The predicted molar refractivity (Wildman–Crippen MR) is 64.9 cm³/mol. The Kier molecular flexibility index (Phi) is 5.86. The van der Waals surface area contributed by atoms with Crippen molar-refractivity contribution in [3.63, 3.8) is 0 Å². The molecule has 0 aromatic carbocycles. The van der Waals surface area contributed by atoms with Crippen LogP contribution in [0.5, 0.6) is 0 Å². The molecule has 1 fully saturated rings. The molecular formula is C10H23N3S. The maximum absolute atomic E-state index is 2.57. The van der Waals surface area contributed by atoms with Crippen LogP contribution in [-0.4, -0.2) is 80.2 Å². The second kappa shape index (κ2) is 6.67. The summed E-state index contributed by atoms with van der Waals surface area (Å²) >= 11 is 1.93. The standard InChI is InChI=1S/C10H23N3S/c1-11(2)4-5-12-6-8-13(9-7-12)10-14-3/h4-10H2,1-3H3. The van der Waals surface area contributed by atoms with Gasteiger partial charge in [-0.1, -0.05) is 0 Å². The Morgan fingerprint density at radius 2 is 1.64 bits per heavy atom. The molecular weight excluding hydrogens is 194 g/mol. The van der Waals surface area contributed by atoms with Gasteiger partial charge in [0.15, 0.2) is 0 Å². The monoisotopic (exact) mass is 217 g/mol. The van der Waals surface area contributed by atoms with Gasteiger partial charge < -0.3 is 4.90 Å². The summed E-state index contributed by atoms with van der Waals surface area (Å²) < 4.78 is 0. The first-order valence-corrected chi connectivity index (χ1v) is 6.70. The molecule has 84 valence electrons. The van der Waals surface area contributed by atoms with Gasteiger partial charge in [0, 0.05) is 45.1 Å². The van der Waals surface area contributed by atoms with Gasteiger partial charge in [-0.2, -0.15) is 0 Å². The van der Waals surface area contributed by atoms with Crippen LogP contribution in [-0.2, 0) is 0 Å². The lowest BCUT2D eigenvalue weighted by molar-refractivity contribution is 0.140. The van der Waals surface area contributed by atoms with Gasteiger partial charge in [-0.15, -0.1) is 11.8 Å². The van der Waals surface area contributed by atoms with E-state index in [1.54, 1.807) is 0 Å². The molecule has 14 heavy (non-hydrogen) atoms. The topological polar surface area (TPSA) is 9.72 Å². The Balaban J connectivity index is 2.09. The van der Waals surface area contributed by atoms with Crippen LogP contribution in [0.1, 0.15) is 0 Å². The van der Waals surface area contributed by atoms with E-state index in [-0.39, 0.29) is 0 Å². The van der Waals surface area contributed by atoms with Crippen molar-refractivity contribution in [1.29, 1.82) is 0 Å². The molecule has 1 heterocycles. The molecule has 0 aliphatic carbocycles. The van der Waals surface area contributed by atoms with Crippen molar-refractivity contribution >= 4 is 11.8 Å². The zero-order valence-corrected chi connectivity index (χ0v) is 10.5. The minimum Gasteiger partial charge on any atom is -0.308 e. The molecule has 0 saturated carbocycles. The fourth-order valence-corrected chi connectivity index (χ4v) is 2.29. The molecule has 3 nitrogen and oxygen atoms in total. The van der Waals surface area contributed by atoms with E-state index in [0.717, 1.165) is 0 Å². The minimum atomic E-state index is 1.18. The molecule has 1 aliphatic heterocycles. The van der Waals surface area contributed by atoms with Gasteiger partial charge in [-0.05, 0) is 20.4 Å². The minimum absolute atomic E-state index is 1.18. The van der Waals surface area contributed by atoms with Gasteiger partial charge in [0.05, 0.1) is 0 Å². The van der Waals surface area contributed by atoms with E-state index in [1.807, 2.05) is 11.8 Å².